The molecular formula is C42H43F5N6O8S. The van der Waals surface area contributed by atoms with Crippen LogP contribution in [0.3, 0.4) is 0 Å². The number of thioether (sulfide) groups is 1. The SMILES string of the molecule is CN1CCC(N(Cc2ccc(-c3ccc(C(F)(F)F)cc3)cc2)C(=O)Cn2cc(Cc3cnn(C)c3)c(=O)nc2SCc2cccc(F)c2F)CC1.O=C(O)[C@H](O)[C@@H](O)C(=O)O. The molecular weight excluding hydrogens is 844 g/mol. The number of amides is 1. The highest BCUT2D eigenvalue weighted by Gasteiger charge is 2.31. The first-order valence-corrected chi connectivity index (χ1v) is 20.0. The number of aliphatic carboxylic acids is 2. The van der Waals surface area contributed by atoms with Crippen LogP contribution in [-0.2, 0) is 52.9 Å². The third-order valence-corrected chi connectivity index (χ3v) is 11.0. The minimum Gasteiger partial charge on any atom is -0.479 e. The van der Waals surface area contributed by atoms with Gasteiger partial charge in [0.2, 0.25) is 5.91 Å². The summed E-state index contributed by atoms with van der Waals surface area (Å²) in [6, 6.07) is 16.2. The molecule has 4 N–H and O–H groups in total. The Kier molecular flexibility index (Phi) is 15.8. The number of likely N-dealkylation sites (tertiary alicyclic amines) is 1. The Labute approximate surface area is 355 Å². The van der Waals surface area contributed by atoms with E-state index >= 15 is 0 Å². The van der Waals surface area contributed by atoms with Gasteiger partial charge < -0.3 is 34.8 Å². The molecule has 1 fully saturated rings. The molecule has 0 unspecified atom stereocenters. The van der Waals surface area contributed by atoms with Gasteiger partial charge in [0.05, 0.1) is 11.8 Å². The van der Waals surface area contributed by atoms with Gasteiger partial charge in [0, 0.05) is 55.3 Å². The second-order valence-electron chi connectivity index (χ2n) is 14.6. The molecule has 5 aromatic rings. The number of aliphatic hydroxyl groups excluding tert-OH is 2. The van der Waals surface area contributed by atoms with E-state index < -0.39 is 53.1 Å². The lowest BCUT2D eigenvalue weighted by Gasteiger charge is -2.37. The van der Waals surface area contributed by atoms with E-state index in [9.17, 15) is 41.1 Å². The first-order valence-electron chi connectivity index (χ1n) is 19.0. The van der Waals surface area contributed by atoms with E-state index in [2.05, 4.69) is 15.0 Å². The molecule has 1 amide bonds. The number of carboxylic acids is 2. The number of halogens is 5. The molecule has 2 aromatic heterocycles. The van der Waals surface area contributed by atoms with Crippen molar-refractivity contribution < 1.29 is 56.8 Å². The Hall–Kier alpha value is -5.96. The molecule has 6 rings (SSSR count). The zero-order valence-corrected chi connectivity index (χ0v) is 34.2. The highest BCUT2D eigenvalue weighted by molar-refractivity contribution is 7.98. The molecule has 2 atom stereocenters. The van der Waals surface area contributed by atoms with Crippen molar-refractivity contribution in [2.24, 2.45) is 7.05 Å². The first kappa shape index (κ1) is 47.1. The van der Waals surface area contributed by atoms with Crippen molar-refractivity contribution in [2.75, 3.05) is 20.1 Å². The molecule has 0 aliphatic carbocycles. The summed E-state index contributed by atoms with van der Waals surface area (Å²) in [5.41, 5.74) is 2.25. The quantitative estimate of drug-likeness (QED) is 0.0677. The van der Waals surface area contributed by atoms with E-state index in [1.54, 1.807) is 34.9 Å². The number of aromatic nitrogens is 4. The zero-order chi connectivity index (χ0) is 45.3. The Balaban J connectivity index is 0.000000646. The van der Waals surface area contributed by atoms with Crippen LogP contribution in [0.2, 0.25) is 0 Å². The molecule has 1 aliphatic rings. The summed E-state index contributed by atoms with van der Waals surface area (Å²) in [5, 5.41) is 36.9. The normalized spacial score (nSPS) is 14.4. The standard InChI is InChI=1S/C38H37F5N6O2S.C4H6O6/c1-46-16-14-32(15-17-46)49(21-25-6-8-27(9-7-25)28-10-12-31(13-11-28)38(41,42)43)34(50)23-48-22-30(18-26-19-44-47(2)20-26)36(51)45-37(48)52-24-29-4-3-5-33(39)35(29)40;5-1(3(7)8)2(6)4(9)10/h3-13,19-20,22,32H,14-18,21,23-24H2,1-2H3;1-2,5-6H,(H,7,8)(H,9,10)/t;1-,2-/m.1/s1. The summed E-state index contributed by atoms with van der Waals surface area (Å²) < 4.78 is 71.0. The van der Waals surface area contributed by atoms with Gasteiger partial charge in [-0.2, -0.15) is 23.3 Å². The molecule has 0 saturated carbocycles. The summed E-state index contributed by atoms with van der Waals surface area (Å²) in [6.07, 6.45) is -2.17. The van der Waals surface area contributed by atoms with Crippen LogP contribution in [0.25, 0.3) is 11.1 Å². The highest BCUT2D eigenvalue weighted by atomic mass is 32.2. The predicted molar refractivity (Wildman–Crippen MR) is 216 cm³/mol. The Bertz CT molecular complexity index is 2390. The molecule has 20 heteroatoms. The number of aryl methyl sites for hydroxylation is 1. The highest BCUT2D eigenvalue weighted by Crippen LogP contribution is 2.31. The molecule has 0 radical (unpaired) electrons. The van der Waals surface area contributed by atoms with E-state index in [-0.39, 0.29) is 47.9 Å². The van der Waals surface area contributed by atoms with Gasteiger partial charge in [-0.05, 0) is 73.4 Å². The van der Waals surface area contributed by atoms with Crippen molar-refractivity contribution in [1.82, 2.24) is 29.1 Å². The van der Waals surface area contributed by atoms with Crippen molar-refractivity contribution >= 4 is 29.6 Å². The van der Waals surface area contributed by atoms with Crippen LogP contribution in [0.5, 0.6) is 0 Å². The lowest BCUT2D eigenvalue weighted by atomic mass is 10.0. The minimum atomic E-state index is -4.42. The molecule has 1 saturated heterocycles. The van der Waals surface area contributed by atoms with Crippen molar-refractivity contribution in [3.05, 3.63) is 135 Å². The van der Waals surface area contributed by atoms with Crippen LogP contribution in [0.15, 0.2) is 95.3 Å². The fourth-order valence-corrected chi connectivity index (χ4v) is 7.48. The lowest BCUT2D eigenvalue weighted by molar-refractivity contribution is -0.165. The first-order chi connectivity index (χ1) is 29.3. The van der Waals surface area contributed by atoms with E-state index in [1.165, 1.54) is 24.3 Å². The van der Waals surface area contributed by atoms with E-state index in [0.717, 1.165) is 72.6 Å². The third-order valence-electron chi connectivity index (χ3n) is 9.98. The maximum absolute atomic E-state index is 14.5. The average molecular weight is 887 g/mol. The van der Waals surface area contributed by atoms with E-state index in [0.29, 0.717) is 11.1 Å². The molecule has 14 nitrogen and oxygen atoms in total. The zero-order valence-electron chi connectivity index (χ0n) is 33.4. The van der Waals surface area contributed by atoms with E-state index in [4.69, 9.17) is 20.4 Å². The molecule has 1 aliphatic heterocycles. The number of piperidine rings is 1. The maximum atomic E-state index is 14.5. The van der Waals surface area contributed by atoms with Crippen molar-refractivity contribution in [2.45, 2.75) is 67.7 Å². The number of aliphatic hydroxyl groups is 2. The van der Waals surface area contributed by atoms with Gasteiger partial charge in [0.1, 0.15) is 6.54 Å². The number of carbonyl (C=O) groups excluding carboxylic acids is 1. The molecule has 3 aromatic carbocycles. The predicted octanol–water partition coefficient (Wildman–Crippen LogP) is 4.82. The van der Waals surface area contributed by atoms with Crippen molar-refractivity contribution in [1.29, 1.82) is 0 Å². The van der Waals surface area contributed by atoms with Gasteiger partial charge in [-0.25, -0.2) is 18.4 Å². The molecule has 330 valence electrons. The number of alkyl halides is 3. The lowest BCUT2D eigenvalue weighted by Crippen LogP contribution is -2.47. The second-order valence-corrected chi connectivity index (χ2v) is 15.5. The number of hydrogen-bond donors (Lipinski definition) is 4. The Morgan fingerprint density at radius 1 is 0.855 bits per heavy atom. The number of carbonyl (C=O) groups is 3. The van der Waals surface area contributed by atoms with Gasteiger partial charge in [-0.15, -0.1) is 0 Å². The van der Waals surface area contributed by atoms with Crippen LogP contribution in [-0.4, -0.2) is 106 Å². The summed E-state index contributed by atoms with van der Waals surface area (Å²) in [5.74, 6) is -5.73. The summed E-state index contributed by atoms with van der Waals surface area (Å²) in [4.78, 5) is 55.4. The maximum Gasteiger partial charge on any atom is 0.416 e. The topological polar surface area (TPSA) is 191 Å². The van der Waals surface area contributed by atoms with Crippen LogP contribution in [0.1, 0.15) is 40.7 Å². The van der Waals surface area contributed by atoms with Gasteiger partial charge in [0.25, 0.3) is 5.56 Å². The molecule has 0 spiro atoms. The average Bonchev–Trinajstić information content (AvgIpc) is 3.65. The van der Waals surface area contributed by atoms with Gasteiger partial charge in [-0.1, -0.05) is 60.3 Å². The largest absolute Gasteiger partial charge is 0.479 e. The van der Waals surface area contributed by atoms with Gasteiger partial charge >= 0.3 is 18.1 Å². The van der Waals surface area contributed by atoms with Crippen LogP contribution in [0.4, 0.5) is 22.0 Å². The van der Waals surface area contributed by atoms with Crippen molar-refractivity contribution in [3.63, 3.8) is 0 Å². The fourth-order valence-electron chi connectivity index (χ4n) is 6.54. The van der Waals surface area contributed by atoms with Gasteiger partial charge in [-0.3, -0.25) is 14.3 Å². The third kappa shape index (κ3) is 12.6. The molecule has 3 heterocycles. The Morgan fingerprint density at radius 3 is 2.00 bits per heavy atom. The summed E-state index contributed by atoms with van der Waals surface area (Å²) in [6.45, 7) is 1.73. The van der Waals surface area contributed by atoms with Crippen LogP contribution >= 0.6 is 11.8 Å². The number of nitrogens with zero attached hydrogens (tertiary/aromatic N) is 6. The number of benzene rings is 3. The summed E-state index contributed by atoms with van der Waals surface area (Å²) >= 11 is 1.04. The molecule has 0 bridgehead atoms. The summed E-state index contributed by atoms with van der Waals surface area (Å²) in [7, 11) is 3.80. The van der Waals surface area contributed by atoms with E-state index in [1.807, 2.05) is 36.2 Å². The van der Waals surface area contributed by atoms with Gasteiger partial charge in [0.15, 0.2) is 29.0 Å². The van der Waals surface area contributed by atoms with Crippen LogP contribution < -0.4 is 5.56 Å². The molecule has 62 heavy (non-hydrogen) atoms. The smallest absolute Gasteiger partial charge is 0.416 e. The Morgan fingerprint density at radius 2 is 1.45 bits per heavy atom. The fraction of sp³-hybridized carbons (Fsp3) is 0.333. The second kappa shape index (κ2) is 20.7. The monoisotopic (exact) mass is 886 g/mol. The number of rotatable bonds is 14. The number of carboxylic acid groups (broad SMARTS) is 2. The van der Waals surface area contributed by atoms with Crippen molar-refractivity contribution in [3.8, 4) is 11.1 Å². The van der Waals surface area contributed by atoms with Crippen LogP contribution in [0, 0.1) is 11.6 Å². The number of hydrogen-bond acceptors (Lipinski definition) is 10. The minimum absolute atomic E-state index is 0.0177.